The first-order valence-electron chi connectivity index (χ1n) is 21.7. The van der Waals surface area contributed by atoms with Crippen LogP contribution in [-0.2, 0) is 26.2 Å². The maximum Gasteiger partial charge on any atom is 0.414 e. The Morgan fingerprint density at radius 1 is 0.902 bits per heavy atom. The lowest BCUT2D eigenvalue weighted by molar-refractivity contribution is 0.0204. The third-order valence-electron chi connectivity index (χ3n) is 12.3. The molecule has 0 atom stereocenters. The van der Waals surface area contributed by atoms with Crippen LogP contribution in [0.3, 0.4) is 0 Å². The number of rotatable bonds is 7. The first kappa shape index (κ1) is 43.7. The van der Waals surface area contributed by atoms with E-state index in [1.54, 1.807) is 9.80 Å². The zero-order valence-electron chi connectivity index (χ0n) is 37.5. The van der Waals surface area contributed by atoms with Crippen LogP contribution in [0.1, 0.15) is 112 Å². The molecule has 0 bridgehead atoms. The Bertz CT molecular complexity index is 2400. The zero-order chi connectivity index (χ0) is 44.0. The molecule has 326 valence electrons. The molecule has 13 nitrogen and oxygen atoms in total. The van der Waals surface area contributed by atoms with Crippen molar-refractivity contribution < 1.29 is 28.6 Å². The van der Waals surface area contributed by atoms with Crippen molar-refractivity contribution in [2.24, 2.45) is 0 Å². The van der Waals surface area contributed by atoms with Crippen LogP contribution in [0, 0.1) is 20.8 Å². The molecule has 13 heteroatoms. The fourth-order valence-corrected chi connectivity index (χ4v) is 9.17. The van der Waals surface area contributed by atoms with Crippen molar-refractivity contribution in [2.75, 3.05) is 49.2 Å². The largest absolute Gasteiger partial charge is 0.444 e. The number of carbonyl (C=O) groups excluding carboxylic acids is 3. The lowest BCUT2D eigenvalue weighted by Crippen LogP contribution is -2.48. The van der Waals surface area contributed by atoms with E-state index < -0.39 is 17.3 Å². The van der Waals surface area contributed by atoms with Crippen LogP contribution in [0.15, 0.2) is 47.3 Å². The molecule has 2 fully saturated rings. The summed E-state index contributed by atoms with van der Waals surface area (Å²) in [5.74, 6) is -0.315. The van der Waals surface area contributed by atoms with E-state index in [1.165, 1.54) is 0 Å². The summed E-state index contributed by atoms with van der Waals surface area (Å²) in [6.07, 6.45) is 2.35. The van der Waals surface area contributed by atoms with Crippen LogP contribution in [0.5, 0.6) is 0 Å². The van der Waals surface area contributed by atoms with Gasteiger partial charge in [-0.2, -0.15) is 0 Å². The van der Waals surface area contributed by atoms with Crippen LogP contribution >= 0.6 is 0 Å². The van der Waals surface area contributed by atoms with E-state index in [-0.39, 0.29) is 35.6 Å². The number of benzene rings is 2. The Balaban J connectivity index is 1.28. The first-order chi connectivity index (χ1) is 28.8. The molecule has 0 radical (unpaired) electrons. The second-order valence-electron chi connectivity index (χ2n) is 18.9. The number of nitrogens with one attached hydrogen (secondary N) is 2. The Hall–Kier alpha value is -5.43. The molecule has 0 aliphatic carbocycles. The number of amides is 3. The number of anilines is 2. The second-order valence-corrected chi connectivity index (χ2v) is 18.9. The lowest BCUT2D eigenvalue weighted by atomic mass is 9.75. The van der Waals surface area contributed by atoms with E-state index in [1.807, 2.05) is 80.5 Å². The molecule has 2 N–H and O–H groups in total. The Labute approximate surface area is 359 Å². The number of nitrogens with zero attached hydrogens (tertiary/aromatic N) is 4. The van der Waals surface area contributed by atoms with Crippen molar-refractivity contribution in [3.8, 4) is 11.1 Å². The summed E-state index contributed by atoms with van der Waals surface area (Å²) >= 11 is 0. The van der Waals surface area contributed by atoms with Gasteiger partial charge in [-0.25, -0.2) is 9.59 Å². The van der Waals surface area contributed by atoms with Gasteiger partial charge in [0.05, 0.1) is 16.7 Å². The Morgan fingerprint density at radius 2 is 1.57 bits per heavy atom. The third-order valence-corrected chi connectivity index (χ3v) is 12.3. The average molecular weight is 835 g/mol. The van der Waals surface area contributed by atoms with Gasteiger partial charge >= 0.3 is 12.2 Å². The number of piperidine rings is 1. The first-order valence-corrected chi connectivity index (χ1v) is 21.7. The summed E-state index contributed by atoms with van der Waals surface area (Å²) in [4.78, 5) is 68.2. The fraction of sp³-hybridized carbons (Fsp3) is 0.521. The second kappa shape index (κ2) is 16.8. The molecule has 7 rings (SSSR count). The van der Waals surface area contributed by atoms with E-state index in [0.717, 1.165) is 70.6 Å². The minimum atomic E-state index is -0.674. The Kier molecular flexibility index (Phi) is 12.0. The number of aromatic amines is 1. The molecule has 3 aliphatic rings. The highest BCUT2D eigenvalue weighted by atomic mass is 16.6. The maximum absolute atomic E-state index is 14.5. The van der Waals surface area contributed by atoms with Crippen molar-refractivity contribution in [1.82, 2.24) is 20.2 Å². The molecule has 0 saturated carbocycles. The summed E-state index contributed by atoms with van der Waals surface area (Å²) in [6, 6.07) is 14.1. The number of pyridine rings is 2. The standard InChI is InChI=1S/C48H62N6O7/c1-11-53(34-16-20-52(21-17-34)44(57)60-46(5,6)7)39-26-33(24-35(30(39)3)42(55)49-27-36-31(4)41-38(51-43(36)56)15-12-29(2)50-41)32-13-14-37-40(25-32)54(45(58)61-47(8,9)10)28-48(37)18-22-59-23-19-48/h12-15,24-26,34H,11,16-23,27-28H2,1-10H3,(H,49,55)(H,51,56). The molecule has 3 aliphatic heterocycles. The molecule has 2 aromatic heterocycles. The van der Waals surface area contributed by atoms with Crippen LogP contribution in [0.4, 0.5) is 21.0 Å². The normalized spacial score (nSPS) is 16.8. The van der Waals surface area contributed by atoms with Crippen molar-refractivity contribution >= 4 is 40.5 Å². The lowest BCUT2D eigenvalue weighted by Gasteiger charge is -2.40. The number of H-pyrrole nitrogens is 1. The predicted molar refractivity (Wildman–Crippen MR) is 239 cm³/mol. The van der Waals surface area contributed by atoms with Gasteiger partial charge in [-0.1, -0.05) is 12.1 Å². The van der Waals surface area contributed by atoms with Crippen molar-refractivity contribution in [1.29, 1.82) is 0 Å². The number of carbonyl (C=O) groups is 3. The van der Waals surface area contributed by atoms with E-state index in [2.05, 4.69) is 51.4 Å². The van der Waals surface area contributed by atoms with Gasteiger partial charge in [0.2, 0.25) is 0 Å². The average Bonchev–Trinajstić information content (AvgIpc) is 3.50. The number of hydrogen-bond donors (Lipinski definition) is 2. The highest BCUT2D eigenvalue weighted by Crippen LogP contribution is 2.49. The van der Waals surface area contributed by atoms with Gasteiger partial charge in [-0.15, -0.1) is 0 Å². The van der Waals surface area contributed by atoms with Gasteiger partial charge in [0.15, 0.2) is 0 Å². The molecule has 3 amide bonds. The molecule has 5 heterocycles. The fourth-order valence-electron chi connectivity index (χ4n) is 9.17. The summed E-state index contributed by atoms with van der Waals surface area (Å²) in [5.41, 5.74) is 7.33. The smallest absolute Gasteiger partial charge is 0.414 e. The van der Waals surface area contributed by atoms with Crippen LogP contribution in [0.25, 0.3) is 22.2 Å². The third kappa shape index (κ3) is 9.12. The van der Waals surface area contributed by atoms with Crippen LogP contribution in [-0.4, -0.2) is 89.6 Å². The van der Waals surface area contributed by atoms with E-state index in [4.69, 9.17) is 14.2 Å². The molecule has 1 spiro atoms. The highest BCUT2D eigenvalue weighted by Gasteiger charge is 2.47. The maximum atomic E-state index is 14.5. The monoisotopic (exact) mass is 834 g/mol. The summed E-state index contributed by atoms with van der Waals surface area (Å²) in [5, 5.41) is 3.08. The number of aryl methyl sites for hydroxylation is 2. The predicted octanol–water partition coefficient (Wildman–Crippen LogP) is 8.47. The molecular weight excluding hydrogens is 773 g/mol. The van der Waals surface area contributed by atoms with Gasteiger partial charge in [0, 0.05) is 79.9 Å². The quantitative estimate of drug-likeness (QED) is 0.187. The van der Waals surface area contributed by atoms with E-state index in [0.29, 0.717) is 61.6 Å². The van der Waals surface area contributed by atoms with Gasteiger partial charge in [0.1, 0.15) is 11.2 Å². The zero-order valence-corrected chi connectivity index (χ0v) is 37.5. The molecule has 2 saturated heterocycles. The van der Waals surface area contributed by atoms with Crippen molar-refractivity contribution in [2.45, 2.75) is 124 Å². The number of hydrogen-bond acceptors (Lipinski definition) is 9. The SMILES string of the molecule is CCN(c1cc(-c2ccc3c(c2)N(C(=O)OC(C)(C)C)CC32CCOCC2)cc(C(=O)NCc2c(C)c3nc(C)ccc3[nH]c2=O)c1C)C1CCN(C(=O)OC(C)(C)C)CC1. The van der Waals surface area contributed by atoms with Crippen molar-refractivity contribution in [3.63, 3.8) is 0 Å². The molecular formula is C48H62N6O7. The minimum absolute atomic E-state index is 0.0146. The topological polar surface area (TPSA) is 146 Å². The molecule has 0 unspecified atom stereocenters. The summed E-state index contributed by atoms with van der Waals surface area (Å²) in [7, 11) is 0. The van der Waals surface area contributed by atoms with E-state index in [9.17, 15) is 19.2 Å². The number of fused-ring (bicyclic) bond motifs is 3. The van der Waals surface area contributed by atoms with Gasteiger partial charge in [0.25, 0.3) is 11.5 Å². The van der Waals surface area contributed by atoms with Crippen LogP contribution in [0.2, 0.25) is 0 Å². The van der Waals surface area contributed by atoms with Gasteiger partial charge < -0.3 is 34.3 Å². The number of ether oxygens (including phenoxy) is 3. The van der Waals surface area contributed by atoms with Crippen LogP contribution < -0.4 is 20.7 Å². The van der Waals surface area contributed by atoms with E-state index >= 15 is 0 Å². The summed E-state index contributed by atoms with van der Waals surface area (Å²) in [6.45, 7) is 22.6. The number of aromatic nitrogens is 2. The Morgan fingerprint density at radius 3 is 2.23 bits per heavy atom. The van der Waals surface area contributed by atoms with Gasteiger partial charge in [-0.05, 0) is 153 Å². The van der Waals surface area contributed by atoms with Crippen molar-refractivity contribution in [3.05, 3.63) is 86.3 Å². The van der Waals surface area contributed by atoms with Gasteiger partial charge in [-0.3, -0.25) is 19.5 Å². The highest BCUT2D eigenvalue weighted by molar-refractivity contribution is 5.99. The number of likely N-dealkylation sites (tertiary alicyclic amines) is 1. The minimum Gasteiger partial charge on any atom is -0.444 e. The molecule has 4 aromatic rings. The molecule has 61 heavy (non-hydrogen) atoms. The molecule has 2 aromatic carbocycles. The summed E-state index contributed by atoms with van der Waals surface area (Å²) < 4.78 is 17.4.